The molecule has 0 saturated heterocycles. The summed E-state index contributed by atoms with van der Waals surface area (Å²) in [6, 6.07) is 3.92. The van der Waals surface area contributed by atoms with Crippen LogP contribution in [0.25, 0.3) is 16.9 Å². The average Bonchev–Trinajstić information content (AvgIpc) is 3.13. The number of aliphatic hydroxyl groups is 1. The highest BCUT2D eigenvalue weighted by molar-refractivity contribution is 5.75. The molecule has 2 aromatic heterocycles. The molecule has 1 aliphatic rings. The third-order valence-electron chi connectivity index (χ3n) is 4.14. The van der Waals surface area contributed by atoms with E-state index >= 15 is 0 Å². The van der Waals surface area contributed by atoms with Gasteiger partial charge in [-0.2, -0.15) is 13.2 Å². The van der Waals surface area contributed by atoms with Crippen molar-refractivity contribution in [1.82, 2.24) is 14.5 Å². The van der Waals surface area contributed by atoms with Crippen molar-refractivity contribution in [2.75, 3.05) is 5.32 Å². The van der Waals surface area contributed by atoms with Crippen molar-refractivity contribution in [2.24, 2.45) is 0 Å². The van der Waals surface area contributed by atoms with Gasteiger partial charge in [0.2, 0.25) is 5.82 Å². The van der Waals surface area contributed by atoms with Gasteiger partial charge < -0.3 is 10.4 Å². The molecule has 5 nitrogen and oxygen atoms in total. The van der Waals surface area contributed by atoms with E-state index in [9.17, 15) is 31.4 Å². The van der Waals surface area contributed by atoms with Crippen LogP contribution in [0.4, 0.5) is 32.0 Å². The first-order chi connectivity index (χ1) is 12.6. The third kappa shape index (κ3) is 2.87. The molecule has 1 atom stereocenters. The first-order valence-electron chi connectivity index (χ1n) is 7.67. The Bertz CT molecular complexity index is 1050. The smallest absolute Gasteiger partial charge is 0.373 e. The summed E-state index contributed by atoms with van der Waals surface area (Å²) < 4.78 is 81.1. The maximum Gasteiger partial charge on any atom is 0.450 e. The summed E-state index contributed by atoms with van der Waals surface area (Å²) >= 11 is 0. The van der Waals surface area contributed by atoms with Gasteiger partial charge in [-0.25, -0.2) is 23.1 Å². The molecule has 1 aliphatic heterocycles. The molecule has 3 heterocycles. The van der Waals surface area contributed by atoms with Gasteiger partial charge in [-0.15, -0.1) is 0 Å². The molecular formula is C16H10F6N4O. The Morgan fingerprint density at radius 2 is 1.93 bits per heavy atom. The van der Waals surface area contributed by atoms with Crippen LogP contribution in [-0.2, 0) is 12.6 Å². The van der Waals surface area contributed by atoms with Crippen molar-refractivity contribution in [3.8, 4) is 5.69 Å². The minimum atomic E-state index is -4.93. The number of nitrogens with one attached hydrogen (secondary N) is 1. The normalized spacial score (nSPS) is 16.8. The van der Waals surface area contributed by atoms with Gasteiger partial charge in [-0.1, -0.05) is 0 Å². The Labute approximate surface area is 147 Å². The van der Waals surface area contributed by atoms with Gasteiger partial charge in [-0.05, 0) is 23.8 Å². The van der Waals surface area contributed by atoms with E-state index in [1.54, 1.807) is 0 Å². The Kier molecular flexibility index (Phi) is 3.81. The van der Waals surface area contributed by atoms with Crippen LogP contribution in [0.5, 0.6) is 0 Å². The molecule has 11 heteroatoms. The van der Waals surface area contributed by atoms with E-state index in [1.165, 1.54) is 6.07 Å². The quantitative estimate of drug-likeness (QED) is 0.656. The van der Waals surface area contributed by atoms with Crippen LogP contribution in [-0.4, -0.2) is 25.9 Å². The van der Waals surface area contributed by atoms with Crippen LogP contribution in [0.2, 0.25) is 0 Å². The van der Waals surface area contributed by atoms with E-state index in [4.69, 9.17) is 0 Å². The second-order valence-electron chi connectivity index (χ2n) is 5.97. The molecule has 4 rings (SSSR count). The van der Waals surface area contributed by atoms with Gasteiger partial charge in [0.15, 0.2) is 5.65 Å². The average molecular weight is 388 g/mol. The van der Waals surface area contributed by atoms with E-state index in [1.807, 2.05) is 0 Å². The molecule has 1 unspecified atom stereocenters. The summed E-state index contributed by atoms with van der Waals surface area (Å²) in [5.41, 5.74) is -1.51. The maximum atomic E-state index is 14.3. The monoisotopic (exact) mass is 388 g/mol. The SMILES string of the molecule is OC1Cc2cc(-n3c(C(F)(F)F)nc4ccc(C(F)F)nc43)cc(F)c2N1. The Balaban J connectivity index is 2.01. The first-order valence-corrected chi connectivity index (χ1v) is 7.67. The molecular weight excluding hydrogens is 378 g/mol. The number of aliphatic hydroxyl groups excluding tert-OH is 1. The highest BCUT2D eigenvalue weighted by atomic mass is 19.4. The van der Waals surface area contributed by atoms with Gasteiger partial charge in [0.05, 0.1) is 11.4 Å². The summed E-state index contributed by atoms with van der Waals surface area (Å²) in [6.07, 6.45) is -9.03. The molecule has 0 amide bonds. The lowest BCUT2D eigenvalue weighted by atomic mass is 10.1. The fourth-order valence-corrected chi connectivity index (χ4v) is 3.05. The van der Waals surface area contributed by atoms with Gasteiger partial charge >= 0.3 is 6.18 Å². The van der Waals surface area contributed by atoms with Crippen molar-refractivity contribution < 1.29 is 31.4 Å². The number of hydrogen-bond acceptors (Lipinski definition) is 4. The van der Waals surface area contributed by atoms with Crippen LogP contribution in [0, 0.1) is 5.82 Å². The summed E-state index contributed by atoms with van der Waals surface area (Å²) in [6.45, 7) is 0. The molecule has 3 aromatic rings. The zero-order valence-electron chi connectivity index (χ0n) is 13.2. The lowest BCUT2D eigenvalue weighted by Crippen LogP contribution is -2.14. The second-order valence-corrected chi connectivity index (χ2v) is 5.97. The molecule has 0 radical (unpaired) electrons. The van der Waals surface area contributed by atoms with E-state index in [2.05, 4.69) is 15.3 Å². The largest absolute Gasteiger partial charge is 0.450 e. The minimum absolute atomic E-state index is 0.0227. The van der Waals surface area contributed by atoms with Gasteiger partial charge in [0.1, 0.15) is 23.3 Å². The number of nitrogens with zero attached hydrogens (tertiary/aromatic N) is 3. The first kappa shape index (κ1) is 17.6. The van der Waals surface area contributed by atoms with E-state index < -0.39 is 41.8 Å². The fraction of sp³-hybridized carbons (Fsp3) is 0.250. The van der Waals surface area contributed by atoms with Crippen LogP contribution in [0.15, 0.2) is 24.3 Å². The van der Waals surface area contributed by atoms with E-state index in [0.717, 1.165) is 18.2 Å². The standard InChI is InChI=1S/C16H10F6N4O/c17-8-5-7(3-6-4-11(27)25-12(6)8)26-14-10(24-15(26)16(20,21)22)2-1-9(23-14)13(18)19/h1-3,5,11,13,25,27H,4H2. The van der Waals surface area contributed by atoms with Crippen LogP contribution < -0.4 is 5.32 Å². The summed E-state index contributed by atoms with van der Waals surface area (Å²) in [7, 11) is 0. The molecule has 0 aliphatic carbocycles. The van der Waals surface area contributed by atoms with Crippen molar-refractivity contribution in [3.05, 3.63) is 47.2 Å². The highest BCUT2D eigenvalue weighted by Crippen LogP contribution is 2.36. The molecule has 0 saturated carbocycles. The predicted molar refractivity (Wildman–Crippen MR) is 82.1 cm³/mol. The molecule has 1 aromatic carbocycles. The molecule has 2 N–H and O–H groups in total. The lowest BCUT2D eigenvalue weighted by Gasteiger charge is -2.13. The second kappa shape index (κ2) is 5.84. The zero-order chi connectivity index (χ0) is 19.5. The fourth-order valence-electron chi connectivity index (χ4n) is 3.05. The Hall–Kier alpha value is -2.82. The summed E-state index contributed by atoms with van der Waals surface area (Å²) in [4.78, 5) is 7.03. The number of imidazole rings is 1. The number of alkyl halides is 5. The van der Waals surface area contributed by atoms with Crippen molar-refractivity contribution in [3.63, 3.8) is 0 Å². The number of halogens is 6. The number of aromatic nitrogens is 3. The van der Waals surface area contributed by atoms with Crippen LogP contribution in [0.1, 0.15) is 23.5 Å². The lowest BCUT2D eigenvalue weighted by molar-refractivity contribution is -0.145. The minimum Gasteiger partial charge on any atom is -0.373 e. The molecule has 142 valence electrons. The Morgan fingerprint density at radius 1 is 1.19 bits per heavy atom. The number of rotatable bonds is 2. The molecule has 0 bridgehead atoms. The number of anilines is 1. The summed E-state index contributed by atoms with van der Waals surface area (Å²) in [5, 5.41) is 12.0. The van der Waals surface area contributed by atoms with Crippen molar-refractivity contribution >= 4 is 16.9 Å². The Morgan fingerprint density at radius 3 is 2.59 bits per heavy atom. The number of fused-ring (bicyclic) bond motifs is 2. The molecule has 27 heavy (non-hydrogen) atoms. The van der Waals surface area contributed by atoms with E-state index in [-0.39, 0.29) is 28.9 Å². The van der Waals surface area contributed by atoms with Crippen LogP contribution in [0.3, 0.4) is 0 Å². The predicted octanol–water partition coefficient (Wildman–Crippen LogP) is 3.80. The molecule has 0 fully saturated rings. The topological polar surface area (TPSA) is 63.0 Å². The highest BCUT2D eigenvalue weighted by Gasteiger charge is 2.39. The van der Waals surface area contributed by atoms with Crippen molar-refractivity contribution in [1.29, 1.82) is 0 Å². The van der Waals surface area contributed by atoms with Gasteiger partial charge in [0, 0.05) is 12.5 Å². The number of pyridine rings is 1. The third-order valence-corrected chi connectivity index (χ3v) is 4.14. The zero-order valence-corrected chi connectivity index (χ0v) is 13.2. The molecule has 0 spiro atoms. The van der Waals surface area contributed by atoms with Crippen molar-refractivity contribution in [2.45, 2.75) is 25.3 Å². The summed E-state index contributed by atoms with van der Waals surface area (Å²) in [5.74, 6) is -2.30. The van der Waals surface area contributed by atoms with Gasteiger partial charge in [0.25, 0.3) is 6.43 Å². The van der Waals surface area contributed by atoms with E-state index in [0.29, 0.717) is 4.57 Å². The maximum absolute atomic E-state index is 14.3. The number of benzene rings is 1. The van der Waals surface area contributed by atoms with Crippen LogP contribution >= 0.6 is 0 Å². The number of hydrogen-bond donors (Lipinski definition) is 2. The van der Waals surface area contributed by atoms with Gasteiger partial charge in [-0.3, -0.25) is 4.57 Å².